The van der Waals surface area contributed by atoms with Crippen molar-refractivity contribution in [2.75, 3.05) is 5.32 Å². The summed E-state index contributed by atoms with van der Waals surface area (Å²) in [7, 11) is 0. The number of benzene rings is 3. The van der Waals surface area contributed by atoms with Crippen LogP contribution in [0.2, 0.25) is 10.0 Å². The maximum atomic E-state index is 13.7. The Hall–Kier alpha value is -2.23. The van der Waals surface area contributed by atoms with Gasteiger partial charge in [0.25, 0.3) is 0 Å². The highest BCUT2D eigenvalue weighted by molar-refractivity contribution is 6.33. The van der Waals surface area contributed by atoms with Crippen LogP contribution in [0.15, 0.2) is 66.7 Å². The van der Waals surface area contributed by atoms with Crippen molar-refractivity contribution in [1.29, 1.82) is 0 Å². The Morgan fingerprint density at radius 2 is 1.64 bits per heavy atom. The highest BCUT2D eigenvalue weighted by Crippen LogP contribution is 2.27. The SMILES string of the molecule is Fc1ccccc1COc1ccc(Cl)cc1CNc1ccccc1Cl. The van der Waals surface area contributed by atoms with Gasteiger partial charge in [0.15, 0.2) is 0 Å². The standard InChI is InChI=1S/C20H16Cl2FNO/c21-16-9-10-20(25-13-14-5-1-3-7-18(14)23)15(11-16)12-24-19-8-4-2-6-17(19)22/h1-11,24H,12-13H2. The molecule has 0 aliphatic heterocycles. The Bertz CT molecular complexity index is 870. The topological polar surface area (TPSA) is 21.3 Å². The van der Waals surface area contributed by atoms with Crippen LogP contribution in [0.3, 0.4) is 0 Å². The van der Waals surface area contributed by atoms with Crippen LogP contribution in [0.4, 0.5) is 10.1 Å². The third-order valence-corrected chi connectivity index (χ3v) is 4.27. The van der Waals surface area contributed by atoms with Gasteiger partial charge in [-0.2, -0.15) is 0 Å². The van der Waals surface area contributed by atoms with E-state index in [0.29, 0.717) is 27.9 Å². The first kappa shape index (κ1) is 17.6. The van der Waals surface area contributed by atoms with E-state index in [0.717, 1.165) is 11.3 Å². The number of rotatable bonds is 6. The number of hydrogen-bond donors (Lipinski definition) is 1. The van der Waals surface area contributed by atoms with Gasteiger partial charge in [-0.05, 0) is 36.4 Å². The van der Waals surface area contributed by atoms with Gasteiger partial charge in [0.05, 0.1) is 10.7 Å². The van der Waals surface area contributed by atoms with Crippen molar-refractivity contribution in [3.63, 3.8) is 0 Å². The van der Waals surface area contributed by atoms with Gasteiger partial charge in [-0.15, -0.1) is 0 Å². The number of para-hydroxylation sites is 1. The summed E-state index contributed by atoms with van der Waals surface area (Å²) in [6.45, 7) is 0.629. The van der Waals surface area contributed by atoms with Gasteiger partial charge in [0.1, 0.15) is 18.2 Å². The number of ether oxygens (including phenoxy) is 1. The Kier molecular flexibility index (Phi) is 5.79. The minimum Gasteiger partial charge on any atom is -0.488 e. The molecule has 0 aromatic heterocycles. The molecule has 0 aliphatic rings. The highest BCUT2D eigenvalue weighted by Gasteiger charge is 2.08. The first-order valence-corrected chi connectivity index (χ1v) is 8.52. The van der Waals surface area contributed by atoms with Crippen LogP contribution in [0.1, 0.15) is 11.1 Å². The van der Waals surface area contributed by atoms with Crippen molar-refractivity contribution in [3.8, 4) is 5.75 Å². The Morgan fingerprint density at radius 3 is 2.44 bits per heavy atom. The van der Waals surface area contributed by atoms with Crippen LogP contribution in [-0.4, -0.2) is 0 Å². The lowest BCUT2D eigenvalue weighted by Gasteiger charge is -2.14. The van der Waals surface area contributed by atoms with E-state index < -0.39 is 0 Å². The van der Waals surface area contributed by atoms with Gasteiger partial charge in [0, 0.05) is 22.7 Å². The summed E-state index contributed by atoms with van der Waals surface area (Å²) in [4.78, 5) is 0. The molecule has 2 nitrogen and oxygen atoms in total. The quantitative estimate of drug-likeness (QED) is 0.543. The van der Waals surface area contributed by atoms with Crippen LogP contribution >= 0.6 is 23.2 Å². The maximum absolute atomic E-state index is 13.7. The highest BCUT2D eigenvalue weighted by atomic mass is 35.5. The van der Waals surface area contributed by atoms with Crippen molar-refractivity contribution >= 4 is 28.9 Å². The third-order valence-electron chi connectivity index (χ3n) is 3.71. The minimum absolute atomic E-state index is 0.146. The zero-order valence-corrected chi connectivity index (χ0v) is 14.8. The maximum Gasteiger partial charge on any atom is 0.129 e. The molecule has 3 aromatic carbocycles. The van der Waals surface area contributed by atoms with Crippen molar-refractivity contribution in [1.82, 2.24) is 0 Å². The Labute approximate surface area is 156 Å². The van der Waals surface area contributed by atoms with Crippen molar-refractivity contribution in [3.05, 3.63) is 93.7 Å². The monoisotopic (exact) mass is 375 g/mol. The minimum atomic E-state index is -0.285. The molecular formula is C20H16Cl2FNO. The summed E-state index contributed by atoms with van der Waals surface area (Å²) in [5, 5.41) is 4.50. The largest absolute Gasteiger partial charge is 0.488 e. The van der Waals surface area contributed by atoms with E-state index in [9.17, 15) is 4.39 Å². The van der Waals surface area contributed by atoms with E-state index in [1.807, 2.05) is 30.3 Å². The normalized spacial score (nSPS) is 10.5. The van der Waals surface area contributed by atoms with Crippen LogP contribution in [0.25, 0.3) is 0 Å². The molecule has 5 heteroatoms. The molecule has 3 rings (SSSR count). The van der Waals surface area contributed by atoms with E-state index in [1.54, 1.807) is 30.3 Å². The smallest absolute Gasteiger partial charge is 0.129 e. The number of halogens is 3. The molecule has 3 aromatic rings. The predicted molar refractivity (Wildman–Crippen MR) is 101 cm³/mol. The first-order chi connectivity index (χ1) is 12.1. The van der Waals surface area contributed by atoms with Gasteiger partial charge >= 0.3 is 0 Å². The Morgan fingerprint density at radius 1 is 0.880 bits per heavy atom. The molecule has 0 bridgehead atoms. The van der Waals surface area contributed by atoms with Gasteiger partial charge in [-0.25, -0.2) is 4.39 Å². The number of hydrogen-bond acceptors (Lipinski definition) is 2. The second kappa shape index (κ2) is 8.24. The van der Waals surface area contributed by atoms with Gasteiger partial charge in [-0.1, -0.05) is 53.5 Å². The van der Waals surface area contributed by atoms with E-state index in [2.05, 4.69) is 5.32 Å². The Balaban J connectivity index is 1.74. The fraction of sp³-hybridized carbons (Fsp3) is 0.100. The van der Waals surface area contributed by atoms with E-state index >= 15 is 0 Å². The van der Waals surface area contributed by atoms with E-state index in [1.165, 1.54) is 6.07 Å². The molecule has 0 atom stereocenters. The second-order valence-corrected chi connectivity index (χ2v) is 6.31. The molecule has 0 saturated heterocycles. The molecule has 0 heterocycles. The summed E-state index contributed by atoms with van der Waals surface area (Å²) < 4.78 is 19.5. The summed E-state index contributed by atoms with van der Waals surface area (Å²) in [6, 6.07) is 19.4. The molecule has 0 aliphatic carbocycles. The van der Waals surface area contributed by atoms with Gasteiger partial charge in [0.2, 0.25) is 0 Å². The van der Waals surface area contributed by atoms with Crippen molar-refractivity contribution in [2.45, 2.75) is 13.2 Å². The molecule has 128 valence electrons. The summed E-state index contributed by atoms with van der Waals surface area (Å²) in [5.74, 6) is 0.361. The summed E-state index contributed by atoms with van der Waals surface area (Å²) in [6.07, 6.45) is 0. The molecule has 0 saturated carbocycles. The average Bonchev–Trinajstić information content (AvgIpc) is 2.61. The molecule has 0 fully saturated rings. The van der Waals surface area contributed by atoms with Crippen LogP contribution in [0.5, 0.6) is 5.75 Å². The molecule has 0 unspecified atom stereocenters. The van der Waals surface area contributed by atoms with E-state index in [-0.39, 0.29) is 12.4 Å². The van der Waals surface area contributed by atoms with Gasteiger partial charge in [-0.3, -0.25) is 0 Å². The number of nitrogens with one attached hydrogen (secondary N) is 1. The lowest BCUT2D eigenvalue weighted by molar-refractivity contribution is 0.297. The third kappa shape index (κ3) is 4.65. The fourth-order valence-corrected chi connectivity index (χ4v) is 2.79. The average molecular weight is 376 g/mol. The second-order valence-electron chi connectivity index (χ2n) is 5.47. The molecule has 1 N–H and O–H groups in total. The summed E-state index contributed by atoms with van der Waals surface area (Å²) in [5.41, 5.74) is 2.19. The zero-order valence-electron chi connectivity index (χ0n) is 13.3. The summed E-state index contributed by atoms with van der Waals surface area (Å²) >= 11 is 12.3. The molecule has 0 spiro atoms. The van der Waals surface area contributed by atoms with Crippen molar-refractivity contribution < 1.29 is 9.13 Å². The zero-order chi connectivity index (χ0) is 17.6. The van der Waals surface area contributed by atoms with Crippen LogP contribution in [0, 0.1) is 5.82 Å². The van der Waals surface area contributed by atoms with Crippen molar-refractivity contribution in [2.24, 2.45) is 0 Å². The molecule has 0 radical (unpaired) electrons. The molecular weight excluding hydrogens is 360 g/mol. The predicted octanol–water partition coefficient (Wildman–Crippen LogP) is 6.32. The van der Waals surface area contributed by atoms with Gasteiger partial charge < -0.3 is 10.1 Å². The van der Waals surface area contributed by atoms with Crippen LogP contribution < -0.4 is 10.1 Å². The number of anilines is 1. The lowest BCUT2D eigenvalue weighted by atomic mass is 10.2. The fourth-order valence-electron chi connectivity index (χ4n) is 2.39. The molecule has 0 amide bonds. The van der Waals surface area contributed by atoms with Crippen LogP contribution in [-0.2, 0) is 13.2 Å². The lowest BCUT2D eigenvalue weighted by Crippen LogP contribution is -2.05. The molecule has 25 heavy (non-hydrogen) atoms. The first-order valence-electron chi connectivity index (χ1n) is 7.76. The van der Waals surface area contributed by atoms with E-state index in [4.69, 9.17) is 27.9 Å².